The summed E-state index contributed by atoms with van der Waals surface area (Å²) in [5.41, 5.74) is 1.06. The largest absolute Gasteiger partial charge is 0.573 e. The number of benzene rings is 2. The normalized spacial score (nSPS) is 19.0. The van der Waals surface area contributed by atoms with Gasteiger partial charge in [0.2, 0.25) is 15.9 Å². The summed E-state index contributed by atoms with van der Waals surface area (Å²) < 4.78 is 85.7. The van der Waals surface area contributed by atoms with Crippen molar-refractivity contribution in [3.63, 3.8) is 0 Å². The van der Waals surface area contributed by atoms with Gasteiger partial charge in [0, 0.05) is 25.7 Å². The zero-order chi connectivity index (χ0) is 29.5. The Labute approximate surface area is 232 Å². The summed E-state index contributed by atoms with van der Waals surface area (Å²) in [5.74, 6) is -0.716. The molecular weight excluding hydrogens is 554 g/mol. The van der Waals surface area contributed by atoms with Crippen molar-refractivity contribution in [2.45, 2.75) is 49.0 Å². The molecule has 8 nitrogen and oxygen atoms in total. The van der Waals surface area contributed by atoms with Gasteiger partial charge in [-0.1, -0.05) is 12.1 Å². The molecule has 0 radical (unpaired) electrons. The number of carbonyl (C=O) groups is 1. The number of alkyl halides is 3. The summed E-state index contributed by atoms with van der Waals surface area (Å²) >= 11 is 0. The molecule has 13 heteroatoms. The number of nitrogens with one attached hydrogen (secondary N) is 1. The molecule has 1 saturated carbocycles. The first-order valence-corrected chi connectivity index (χ1v) is 14.3. The van der Waals surface area contributed by atoms with E-state index in [2.05, 4.69) is 15.0 Å². The van der Waals surface area contributed by atoms with Crippen molar-refractivity contribution >= 4 is 15.9 Å². The lowest BCUT2D eigenvalue weighted by molar-refractivity contribution is -0.274. The van der Waals surface area contributed by atoms with Gasteiger partial charge in [0.15, 0.2) is 0 Å². The van der Waals surface area contributed by atoms with E-state index in [1.807, 2.05) is 26.2 Å². The van der Waals surface area contributed by atoms with Crippen molar-refractivity contribution < 1.29 is 40.2 Å². The molecule has 3 rings (SSSR count). The third-order valence-electron chi connectivity index (χ3n) is 6.90. The van der Waals surface area contributed by atoms with Crippen LogP contribution in [0.5, 0.6) is 5.75 Å². The molecule has 0 aromatic heterocycles. The molecule has 0 heterocycles. The Morgan fingerprint density at radius 1 is 1.00 bits per heavy atom. The van der Waals surface area contributed by atoms with Crippen LogP contribution in [0.25, 0.3) is 0 Å². The number of hydrogen-bond acceptors (Lipinski definition) is 6. The lowest BCUT2D eigenvalue weighted by Crippen LogP contribution is -2.41. The minimum atomic E-state index is -4.87. The SMILES string of the molecule is CN(C)C(c1ccc(F)cc1)C1CCC(NC(=O)COCCN(C)S(=O)(=O)c2ccc(OC(F)(F)F)cc2)CC1. The Hall–Kier alpha value is -2.74. The van der Waals surface area contributed by atoms with E-state index in [4.69, 9.17) is 4.74 Å². The van der Waals surface area contributed by atoms with E-state index in [-0.39, 0.29) is 48.5 Å². The first-order chi connectivity index (χ1) is 18.8. The molecule has 222 valence electrons. The van der Waals surface area contributed by atoms with Gasteiger partial charge in [0.25, 0.3) is 0 Å². The Morgan fingerprint density at radius 2 is 1.60 bits per heavy atom. The number of likely N-dealkylation sites (N-methyl/N-ethyl adjacent to an activating group) is 1. The molecule has 1 fully saturated rings. The number of ether oxygens (including phenoxy) is 2. The summed E-state index contributed by atoms with van der Waals surface area (Å²) in [6.45, 7) is -0.336. The van der Waals surface area contributed by atoms with Crippen LogP contribution in [0.1, 0.15) is 37.3 Å². The molecule has 2 aromatic carbocycles. The second-order valence-corrected chi connectivity index (χ2v) is 12.1. The van der Waals surface area contributed by atoms with Gasteiger partial charge in [-0.3, -0.25) is 4.79 Å². The van der Waals surface area contributed by atoms with Gasteiger partial charge in [-0.15, -0.1) is 13.2 Å². The fourth-order valence-corrected chi connectivity index (χ4v) is 6.13. The fourth-order valence-electron chi connectivity index (χ4n) is 4.97. The average molecular weight is 590 g/mol. The maximum atomic E-state index is 13.4. The topological polar surface area (TPSA) is 88.2 Å². The summed E-state index contributed by atoms with van der Waals surface area (Å²) in [6, 6.07) is 10.6. The Morgan fingerprint density at radius 3 is 2.15 bits per heavy atom. The van der Waals surface area contributed by atoms with E-state index >= 15 is 0 Å². The van der Waals surface area contributed by atoms with Crippen LogP contribution in [0, 0.1) is 11.7 Å². The van der Waals surface area contributed by atoms with Crippen molar-refractivity contribution in [3.05, 3.63) is 59.9 Å². The van der Waals surface area contributed by atoms with Gasteiger partial charge >= 0.3 is 6.36 Å². The monoisotopic (exact) mass is 589 g/mol. The number of amides is 1. The Bertz CT molecular complexity index is 1200. The summed E-state index contributed by atoms with van der Waals surface area (Å²) in [7, 11) is 1.35. The van der Waals surface area contributed by atoms with E-state index in [1.165, 1.54) is 19.2 Å². The van der Waals surface area contributed by atoms with Crippen molar-refractivity contribution in [2.24, 2.45) is 5.92 Å². The predicted molar refractivity (Wildman–Crippen MR) is 140 cm³/mol. The molecular formula is C27H35F4N3O5S. The van der Waals surface area contributed by atoms with Gasteiger partial charge in [-0.2, -0.15) is 4.31 Å². The quantitative estimate of drug-likeness (QED) is 0.293. The highest BCUT2D eigenvalue weighted by Crippen LogP contribution is 2.37. The molecule has 0 bridgehead atoms. The number of hydrogen-bond donors (Lipinski definition) is 1. The minimum absolute atomic E-state index is 0.00993. The van der Waals surface area contributed by atoms with Crippen LogP contribution in [0.4, 0.5) is 17.6 Å². The minimum Gasteiger partial charge on any atom is -0.406 e. The van der Waals surface area contributed by atoms with Crippen LogP contribution in [0.2, 0.25) is 0 Å². The smallest absolute Gasteiger partial charge is 0.406 e. The highest BCUT2D eigenvalue weighted by atomic mass is 32.2. The average Bonchev–Trinajstić information content (AvgIpc) is 2.88. The van der Waals surface area contributed by atoms with E-state index in [0.29, 0.717) is 5.92 Å². The molecule has 40 heavy (non-hydrogen) atoms. The van der Waals surface area contributed by atoms with Crippen LogP contribution in [0.15, 0.2) is 53.4 Å². The number of nitrogens with zero attached hydrogens (tertiary/aromatic N) is 2. The molecule has 2 aromatic rings. The molecule has 1 N–H and O–H groups in total. The Balaban J connectivity index is 1.39. The lowest BCUT2D eigenvalue weighted by atomic mass is 9.78. The molecule has 0 spiro atoms. The zero-order valence-corrected chi connectivity index (χ0v) is 23.5. The van der Waals surface area contributed by atoms with Crippen molar-refractivity contribution in [1.29, 1.82) is 0 Å². The van der Waals surface area contributed by atoms with Crippen molar-refractivity contribution in [2.75, 3.05) is 40.9 Å². The first kappa shape index (κ1) is 31.8. The molecule has 1 aliphatic rings. The van der Waals surface area contributed by atoms with Gasteiger partial charge in [0.1, 0.15) is 18.2 Å². The van der Waals surface area contributed by atoms with Gasteiger partial charge < -0.3 is 19.7 Å². The summed E-state index contributed by atoms with van der Waals surface area (Å²) in [5, 5.41) is 2.97. The van der Waals surface area contributed by atoms with E-state index in [1.54, 1.807) is 0 Å². The number of rotatable bonds is 12. The van der Waals surface area contributed by atoms with Crippen LogP contribution in [-0.2, 0) is 19.6 Å². The number of sulfonamides is 1. The van der Waals surface area contributed by atoms with Crippen molar-refractivity contribution in [3.8, 4) is 5.75 Å². The number of halogens is 4. The van der Waals surface area contributed by atoms with Gasteiger partial charge in [-0.05, 0) is 87.7 Å². The van der Waals surface area contributed by atoms with Crippen molar-refractivity contribution in [1.82, 2.24) is 14.5 Å². The fraction of sp³-hybridized carbons (Fsp3) is 0.519. The van der Waals surface area contributed by atoms with E-state index in [0.717, 1.165) is 59.8 Å². The van der Waals surface area contributed by atoms with Gasteiger partial charge in [0.05, 0.1) is 11.5 Å². The highest BCUT2D eigenvalue weighted by molar-refractivity contribution is 7.89. The summed E-state index contributed by atoms with van der Waals surface area (Å²) in [4.78, 5) is 14.3. The van der Waals surface area contributed by atoms with Crippen LogP contribution >= 0.6 is 0 Å². The predicted octanol–water partition coefficient (Wildman–Crippen LogP) is 4.34. The molecule has 0 aliphatic heterocycles. The van der Waals surface area contributed by atoms with Crippen LogP contribution in [0.3, 0.4) is 0 Å². The molecule has 1 amide bonds. The third kappa shape index (κ3) is 9.15. The second-order valence-electron chi connectivity index (χ2n) is 10.0. The maximum Gasteiger partial charge on any atom is 0.573 e. The Kier molecular flexibility index (Phi) is 10.9. The first-order valence-electron chi connectivity index (χ1n) is 12.9. The standard InChI is InChI=1S/C27H35F4N3O5S/c1-33(2)26(19-4-8-21(28)9-5-19)20-6-10-22(11-7-20)32-25(35)18-38-17-16-34(3)40(36,37)24-14-12-23(13-15-24)39-27(29,30)31/h4-5,8-9,12-15,20,22,26H,6-7,10-11,16-18H2,1-3H3,(H,32,35). The van der Waals surface area contributed by atoms with Gasteiger partial charge in [-0.25, -0.2) is 12.8 Å². The van der Waals surface area contributed by atoms with Crippen LogP contribution in [-0.4, -0.2) is 76.8 Å². The maximum absolute atomic E-state index is 13.4. The molecule has 1 aliphatic carbocycles. The zero-order valence-electron chi connectivity index (χ0n) is 22.7. The van der Waals surface area contributed by atoms with Crippen LogP contribution < -0.4 is 10.1 Å². The molecule has 1 unspecified atom stereocenters. The van der Waals surface area contributed by atoms with E-state index in [9.17, 15) is 30.8 Å². The number of carbonyl (C=O) groups excluding carboxylic acids is 1. The summed E-state index contributed by atoms with van der Waals surface area (Å²) in [6.07, 6.45) is -1.47. The molecule has 1 atom stereocenters. The highest BCUT2D eigenvalue weighted by Gasteiger charge is 2.32. The molecule has 0 saturated heterocycles. The third-order valence-corrected chi connectivity index (χ3v) is 8.77. The second kappa shape index (κ2) is 13.7. The van der Waals surface area contributed by atoms with E-state index < -0.39 is 22.1 Å². The lowest BCUT2D eigenvalue weighted by Gasteiger charge is -2.37.